The van der Waals surface area contributed by atoms with Gasteiger partial charge in [-0.3, -0.25) is 4.79 Å². The van der Waals surface area contributed by atoms with E-state index in [0.29, 0.717) is 6.61 Å². The molecule has 0 saturated heterocycles. The standard InChI is InChI=1S/C22H22N2O2/c25-22(24-19-10-5-2-6-11-19)17-23-20-12-7-13-21(16-20)26-15-14-18-8-3-1-4-9-18/h1-13,16,23H,14-15,17H2,(H,24,25). The van der Waals surface area contributed by atoms with Gasteiger partial charge in [0.15, 0.2) is 0 Å². The van der Waals surface area contributed by atoms with Crippen molar-refractivity contribution in [1.29, 1.82) is 0 Å². The maximum atomic E-state index is 12.0. The van der Waals surface area contributed by atoms with Crippen molar-refractivity contribution in [2.45, 2.75) is 6.42 Å². The Labute approximate surface area is 153 Å². The predicted molar refractivity (Wildman–Crippen MR) is 106 cm³/mol. The molecule has 0 atom stereocenters. The number of ether oxygens (including phenoxy) is 1. The molecule has 132 valence electrons. The van der Waals surface area contributed by atoms with Gasteiger partial charge in [-0.25, -0.2) is 0 Å². The molecule has 1 amide bonds. The summed E-state index contributed by atoms with van der Waals surface area (Å²) in [6, 6.07) is 27.3. The van der Waals surface area contributed by atoms with Gasteiger partial charge in [-0.2, -0.15) is 0 Å². The fourth-order valence-corrected chi connectivity index (χ4v) is 2.54. The molecule has 3 aromatic rings. The number of hydrogen-bond donors (Lipinski definition) is 2. The average molecular weight is 346 g/mol. The van der Waals surface area contributed by atoms with E-state index in [0.717, 1.165) is 23.5 Å². The lowest BCUT2D eigenvalue weighted by atomic mass is 10.2. The first-order valence-corrected chi connectivity index (χ1v) is 8.65. The molecule has 0 bridgehead atoms. The van der Waals surface area contributed by atoms with Gasteiger partial charge in [0.1, 0.15) is 5.75 Å². The van der Waals surface area contributed by atoms with Crippen LogP contribution in [0.15, 0.2) is 84.9 Å². The summed E-state index contributed by atoms with van der Waals surface area (Å²) in [7, 11) is 0. The minimum atomic E-state index is -0.0911. The summed E-state index contributed by atoms with van der Waals surface area (Å²) in [5.41, 5.74) is 2.89. The number of carbonyl (C=O) groups excluding carboxylic acids is 1. The van der Waals surface area contributed by atoms with Gasteiger partial charge in [0.05, 0.1) is 13.2 Å². The lowest BCUT2D eigenvalue weighted by Gasteiger charge is -2.10. The largest absolute Gasteiger partial charge is 0.493 e. The molecule has 0 spiro atoms. The van der Waals surface area contributed by atoms with Crippen molar-refractivity contribution in [2.75, 3.05) is 23.8 Å². The van der Waals surface area contributed by atoms with Crippen LogP contribution in [0.3, 0.4) is 0 Å². The van der Waals surface area contributed by atoms with E-state index in [1.54, 1.807) is 0 Å². The minimum absolute atomic E-state index is 0.0911. The maximum absolute atomic E-state index is 12.0. The molecule has 0 aliphatic heterocycles. The van der Waals surface area contributed by atoms with Crippen molar-refractivity contribution in [3.8, 4) is 5.75 Å². The molecule has 3 rings (SSSR count). The second kappa shape index (κ2) is 9.28. The van der Waals surface area contributed by atoms with Gasteiger partial charge >= 0.3 is 0 Å². The van der Waals surface area contributed by atoms with E-state index < -0.39 is 0 Å². The SMILES string of the molecule is O=C(CNc1cccc(OCCc2ccccc2)c1)Nc1ccccc1. The minimum Gasteiger partial charge on any atom is -0.493 e. The fourth-order valence-electron chi connectivity index (χ4n) is 2.54. The van der Waals surface area contributed by atoms with Crippen LogP contribution in [-0.2, 0) is 11.2 Å². The molecule has 0 unspecified atom stereocenters. The van der Waals surface area contributed by atoms with Gasteiger partial charge in [0, 0.05) is 23.9 Å². The van der Waals surface area contributed by atoms with E-state index in [2.05, 4.69) is 22.8 Å². The van der Waals surface area contributed by atoms with Crippen molar-refractivity contribution < 1.29 is 9.53 Å². The Morgan fingerprint density at radius 3 is 2.27 bits per heavy atom. The summed E-state index contributed by atoms with van der Waals surface area (Å²) in [6.07, 6.45) is 0.859. The van der Waals surface area contributed by atoms with E-state index in [1.165, 1.54) is 5.56 Å². The Kier molecular flexibility index (Phi) is 6.26. The first-order chi connectivity index (χ1) is 12.8. The van der Waals surface area contributed by atoms with Crippen LogP contribution in [0, 0.1) is 0 Å². The number of rotatable bonds is 8. The van der Waals surface area contributed by atoms with E-state index in [4.69, 9.17) is 4.74 Å². The highest BCUT2D eigenvalue weighted by atomic mass is 16.5. The van der Waals surface area contributed by atoms with E-state index in [9.17, 15) is 4.79 Å². The van der Waals surface area contributed by atoms with Crippen molar-refractivity contribution in [3.05, 3.63) is 90.5 Å². The first kappa shape index (κ1) is 17.5. The molecule has 0 radical (unpaired) electrons. The highest BCUT2D eigenvalue weighted by Gasteiger charge is 2.03. The summed E-state index contributed by atoms with van der Waals surface area (Å²) in [5, 5.41) is 5.97. The van der Waals surface area contributed by atoms with Gasteiger partial charge in [-0.1, -0.05) is 54.6 Å². The van der Waals surface area contributed by atoms with Crippen LogP contribution in [0.25, 0.3) is 0 Å². The molecule has 4 heteroatoms. The normalized spacial score (nSPS) is 10.2. The van der Waals surface area contributed by atoms with E-state index in [-0.39, 0.29) is 12.5 Å². The van der Waals surface area contributed by atoms with Crippen LogP contribution in [-0.4, -0.2) is 19.1 Å². The Morgan fingerprint density at radius 2 is 1.50 bits per heavy atom. The van der Waals surface area contributed by atoms with Crippen LogP contribution in [0.2, 0.25) is 0 Å². The third-order valence-corrected chi connectivity index (χ3v) is 3.85. The molecule has 0 aliphatic carbocycles. The molecule has 4 nitrogen and oxygen atoms in total. The lowest BCUT2D eigenvalue weighted by molar-refractivity contribution is -0.114. The second-order valence-electron chi connectivity index (χ2n) is 5.88. The number of nitrogens with one attached hydrogen (secondary N) is 2. The molecular formula is C22H22N2O2. The van der Waals surface area contributed by atoms with Crippen LogP contribution in [0.5, 0.6) is 5.75 Å². The number of para-hydroxylation sites is 1. The van der Waals surface area contributed by atoms with Crippen LogP contribution in [0.1, 0.15) is 5.56 Å². The average Bonchev–Trinajstić information content (AvgIpc) is 2.68. The third kappa shape index (κ3) is 5.67. The monoisotopic (exact) mass is 346 g/mol. The van der Waals surface area contributed by atoms with Crippen molar-refractivity contribution in [1.82, 2.24) is 0 Å². The molecule has 2 N–H and O–H groups in total. The summed E-state index contributed by atoms with van der Waals surface area (Å²) >= 11 is 0. The zero-order valence-corrected chi connectivity index (χ0v) is 14.5. The van der Waals surface area contributed by atoms with Crippen LogP contribution in [0.4, 0.5) is 11.4 Å². The van der Waals surface area contributed by atoms with Crippen molar-refractivity contribution in [3.63, 3.8) is 0 Å². The van der Waals surface area contributed by atoms with Gasteiger partial charge in [-0.15, -0.1) is 0 Å². The molecule has 0 aliphatic rings. The zero-order chi connectivity index (χ0) is 18.0. The van der Waals surface area contributed by atoms with Crippen LogP contribution < -0.4 is 15.4 Å². The van der Waals surface area contributed by atoms with Crippen molar-refractivity contribution >= 4 is 17.3 Å². The lowest BCUT2D eigenvalue weighted by Crippen LogP contribution is -2.21. The zero-order valence-electron chi connectivity index (χ0n) is 14.5. The summed E-state index contributed by atoms with van der Waals surface area (Å²) < 4.78 is 5.81. The Morgan fingerprint density at radius 1 is 0.808 bits per heavy atom. The number of anilines is 2. The Balaban J connectivity index is 1.45. The number of benzene rings is 3. The number of amides is 1. The van der Waals surface area contributed by atoms with Crippen molar-refractivity contribution in [2.24, 2.45) is 0 Å². The van der Waals surface area contributed by atoms with Gasteiger partial charge < -0.3 is 15.4 Å². The van der Waals surface area contributed by atoms with E-state index in [1.807, 2.05) is 72.8 Å². The molecule has 0 saturated carbocycles. The smallest absolute Gasteiger partial charge is 0.243 e. The van der Waals surface area contributed by atoms with Crippen LogP contribution >= 0.6 is 0 Å². The Bertz CT molecular complexity index is 820. The molecular weight excluding hydrogens is 324 g/mol. The predicted octanol–water partition coefficient (Wildman–Crippen LogP) is 4.36. The summed E-state index contributed by atoms with van der Waals surface area (Å²) in [5.74, 6) is 0.695. The summed E-state index contributed by atoms with van der Waals surface area (Å²) in [4.78, 5) is 12.0. The second-order valence-corrected chi connectivity index (χ2v) is 5.88. The third-order valence-electron chi connectivity index (χ3n) is 3.85. The van der Waals surface area contributed by atoms with Gasteiger partial charge in [0.25, 0.3) is 0 Å². The first-order valence-electron chi connectivity index (χ1n) is 8.65. The molecule has 0 fully saturated rings. The van der Waals surface area contributed by atoms with Gasteiger partial charge in [0.2, 0.25) is 5.91 Å². The topological polar surface area (TPSA) is 50.4 Å². The Hall–Kier alpha value is -3.27. The molecule has 0 aromatic heterocycles. The van der Waals surface area contributed by atoms with Gasteiger partial charge in [-0.05, 0) is 29.8 Å². The quantitative estimate of drug-likeness (QED) is 0.637. The number of hydrogen-bond acceptors (Lipinski definition) is 3. The number of carbonyl (C=O) groups is 1. The molecule has 0 heterocycles. The maximum Gasteiger partial charge on any atom is 0.243 e. The molecule has 3 aromatic carbocycles. The highest BCUT2D eigenvalue weighted by molar-refractivity contribution is 5.93. The fraction of sp³-hybridized carbons (Fsp3) is 0.136. The molecule has 26 heavy (non-hydrogen) atoms. The summed E-state index contributed by atoms with van der Waals surface area (Å²) in [6.45, 7) is 0.810. The van der Waals surface area contributed by atoms with E-state index >= 15 is 0 Å². The highest BCUT2D eigenvalue weighted by Crippen LogP contribution is 2.17.